The Morgan fingerprint density at radius 2 is 2.19 bits per heavy atom. The highest BCUT2D eigenvalue weighted by Gasteiger charge is 2.24. The molecule has 0 radical (unpaired) electrons. The third-order valence-electron chi connectivity index (χ3n) is 4.33. The van der Waals surface area contributed by atoms with Gasteiger partial charge in [0.2, 0.25) is 0 Å². The highest BCUT2D eigenvalue weighted by atomic mass is 127. The van der Waals surface area contributed by atoms with E-state index in [0.29, 0.717) is 24.9 Å². The van der Waals surface area contributed by atoms with Gasteiger partial charge in [-0.15, -0.1) is 24.0 Å². The number of guanidine groups is 1. The van der Waals surface area contributed by atoms with Crippen molar-refractivity contribution in [2.75, 3.05) is 59.4 Å². The molecule has 27 heavy (non-hydrogen) atoms. The van der Waals surface area contributed by atoms with E-state index in [0.717, 1.165) is 49.9 Å². The van der Waals surface area contributed by atoms with Gasteiger partial charge in [-0.25, -0.2) is 4.39 Å². The third kappa shape index (κ3) is 8.97. The first-order chi connectivity index (χ1) is 12.7. The highest BCUT2D eigenvalue weighted by Crippen LogP contribution is 2.17. The van der Waals surface area contributed by atoms with Gasteiger partial charge in [0.25, 0.3) is 0 Å². The summed E-state index contributed by atoms with van der Waals surface area (Å²) in [6, 6.07) is 6.95. The molecule has 1 heterocycles. The molecule has 0 aromatic heterocycles. The second-order valence-corrected chi connectivity index (χ2v) is 7.39. The molecule has 0 aliphatic carbocycles. The number of hydrogen-bond donors (Lipinski definition) is 1. The Balaban J connectivity index is 0.00000364. The summed E-state index contributed by atoms with van der Waals surface area (Å²) in [6.45, 7) is 4.85. The van der Waals surface area contributed by atoms with Crippen LogP contribution in [0.25, 0.3) is 0 Å². The average molecular weight is 511 g/mol. The molecule has 154 valence electrons. The molecule has 1 aliphatic heterocycles. The van der Waals surface area contributed by atoms with E-state index in [1.807, 2.05) is 19.2 Å². The molecule has 0 bridgehead atoms. The minimum Gasteiger partial charge on any atom is -0.382 e. The van der Waals surface area contributed by atoms with Crippen molar-refractivity contribution in [2.45, 2.75) is 12.2 Å². The van der Waals surface area contributed by atoms with Crippen molar-refractivity contribution >= 4 is 41.7 Å². The Hall–Kier alpha value is -0.580. The molecule has 8 heteroatoms. The van der Waals surface area contributed by atoms with E-state index in [2.05, 4.69) is 15.2 Å². The third-order valence-corrected chi connectivity index (χ3v) is 5.34. The van der Waals surface area contributed by atoms with Crippen molar-refractivity contribution in [3.05, 3.63) is 35.6 Å². The van der Waals surface area contributed by atoms with Gasteiger partial charge in [-0.1, -0.05) is 18.2 Å². The van der Waals surface area contributed by atoms with Crippen molar-refractivity contribution in [1.29, 1.82) is 0 Å². The van der Waals surface area contributed by atoms with Crippen molar-refractivity contribution < 1.29 is 13.9 Å². The van der Waals surface area contributed by atoms with Gasteiger partial charge in [-0.2, -0.15) is 11.8 Å². The highest BCUT2D eigenvalue weighted by molar-refractivity contribution is 14.0. The predicted molar refractivity (Wildman–Crippen MR) is 122 cm³/mol. The summed E-state index contributed by atoms with van der Waals surface area (Å²) in [5.41, 5.74) is 0.762. The maximum Gasteiger partial charge on any atom is 0.193 e. The number of methoxy groups -OCH3 is 1. The van der Waals surface area contributed by atoms with Crippen molar-refractivity contribution in [3.63, 3.8) is 0 Å². The first-order valence-electron chi connectivity index (χ1n) is 9.08. The van der Waals surface area contributed by atoms with Crippen LogP contribution in [0.2, 0.25) is 0 Å². The molecule has 1 saturated heterocycles. The van der Waals surface area contributed by atoms with Gasteiger partial charge < -0.3 is 19.7 Å². The van der Waals surface area contributed by atoms with Crippen LogP contribution in [0.5, 0.6) is 0 Å². The predicted octanol–water partition coefficient (Wildman–Crippen LogP) is 3.24. The number of ether oxygens (including phenoxy) is 2. The van der Waals surface area contributed by atoms with Gasteiger partial charge in [0.1, 0.15) is 5.82 Å². The standard InChI is InChI=1S/C19H30FN3O2S.HI/c1-21-19(23-9-7-16(13-23)14-25-11-10-24-2)22-8-12-26-15-17-5-3-4-6-18(17)20;/h3-6,16H,7-15H2,1-2H3,(H,21,22);1H. The molecule has 1 atom stereocenters. The number of thioether (sulfide) groups is 1. The lowest BCUT2D eigenvalue weighted by Gasteiger charge is -2.21. The number of halogens is 2. The first kappa shape index (κ1) is 24.5. The second-order valence-electron chi connectivity index (χ2n) is 6.29. The molecule has 0 amide bonds. The lowest BCUT2D eigenvalue weighted by atomic mass is 10.1. The topological polar surface area (TPSA) is 46.1 Å². The van der Waals surface area contributed by atoms with Crippen LogP contribution in [0, 0.1) is 11.7 Å². The Kier molecular flexibility index (Phi) is 13.1. The fourth-order valence-electron chi connectivity index (χ4n) is 2.92. The minimum absolute atomic E-state index is 0. The number of rotatable bonds is 10. The van der Waals surface area contributed by atoms with Gasteiger partial charge >= 0.3 is 0 Å². The lowest BCUT2D eigenvalue weighted by molar-refractivity contribution is 0.0536. The van der Waals surface area contributed by atoms with Crippen LogP contribution < -0.4 is 5.32 Å². The van der Waals surface area contributed by atoms with Crippen LogP contribution in [-0.4, -0.2) is 70.2 Å². The number of nitrogens with one attached hydrogen (secondary N) is 1. The molecule has 2 rings (SSSR count). The molecule has 1 aliphatic rings. The molecule has 0 saturated carbocycles. The largest absolute Gasteiger partial charge is 0.382 e. The van der Waals surface area contributed by atoms with Crippen molar-refractivity contribution in [3.8, 4) is 0 Å². The number of aliphatic imine (C=N–C) groups is 1. The van der Waals surface area contributed by atoms with Crippen molar-refractivity contribution in [2.24, 2.45) is 10.9 Å². The van der Waals surface area contributed by atoms with Crippen LogP contribution >= 0.6 is 35.7 Å². The van der Waals surface area contributed by atoms with Crippen LogP contribution in [0.3, 0.4) is 0 Å². The summed E-state index contributed by atoms with van der Waals surface area (Å²) in [5, 5.41) is 3.41. The number of hydrogen-bond acceptors (Lipinski definition) is 4. The molecule has 0 spiro atoms. The summed E-state index contributed by atoms with van der Waals surface area (Å²) >= 11 is 1.72. The lowest BCUT2D eigenvalue weighted by Crippen LogP contribution is -2.41. The molecular weight excluding hydrogens is 480 g/mol. The van der Waals surface area contributed by atoms with E-state index >= 15 is 0 Å². The zero-order valence-corrected chi connectivity index (χ0v) is 19.3. The van der Waals surface area contributed by atoms with E-state index in [1.54, 1.807) is 24.9 Å². The van der Waals surface area contributed by atoms with Crippen LogP contribution in [0.1, 0.15) is 12.0 Å². The van der Waals surface area contributed by atoms with E-state index in [4.69, 9.17) is 9.47 Å². The van der Waals surface area contributed by atoms with E-state index in [1.165, 1.54) is 6.07 Å². The van der Waals surface area contributed by atoms with Gasteiger partial charge in [0.05, 0.1) is 19.8 Å². The Labute approximate surface area is 183 Å². The number of nitrogens with zero attached hydrogens (tertiary/aromatic N) is 2. The van der Waals surface area contributed by atoms with E-state index in [9.17, 15) is 4.39 Å². The maximum atomic E-state index is 13.6. The Morgan fingerprint density at radius 1 is 1.37 bits per heavy atom. The summed E-state index contributed by atoms with van der Waals surface area (Å²) in [6.07, 6.45) is 1.12. The van der Waals surface area contributed by atoms with Gasteiger partial charge in [-0.3, -0.25) is 4.99 Å². The van der Waals surface area contributed by atoms with Crippen LogP contribution in [0.4, 0.5) is 4.39 Å². The molecule has 1 N–H and O–H groups in total. The van der Waals surface area contributed by atoms with Crippen LogP contribution in [-0.2, 0) is 15.2 Å². The SMILES string of the molecule is CN=C(NCCSCc1ccccc1F)N1CCC(COCCOC)C1.I. The van der Waals surface area contributed by atoms with Gasteiger partial charge in [0.15, 0.2) is 5.96 Å². The summed E-state index contributed by atoms with van der Waals surface area (Å²) in [7, 11) is 3.50. The first-order valence-corrected chi connectivity index (χ1v) is 10.2. The fraction of sp³-hybridized carbons (Fsp3) is 0.632. The summed E-state index contributed by atoms with van der Waals surface area (Å²) < 4.78 is 24.2. The van der Waals surface area contributed by atoms with Gasteiger partial charge in [0, 0.05) is 51.2 Å². The summed E-state index contributed by atoms with van der Waals surface area (Å²) in [5.74, 6) is 2.96. The van der Waals surface area contributed by atoms with Crippen LogP contribution in [0.15, 0.2) is 29.3 Å². The monoisotopic (exact) mass is 511 g/mol. The summed E-state index contributed by atoms with van der Waals surface area (Å²) in [4.78, 5) is 6.67. The van der Waals surface area contributed by atoms with E-state index in [-0.39, 0.29) is 29.8 Å². The Bertz CT molecular complexity index is 566. The molecule has 5 nitrogen and oxygen atoms in total. The Morgan fingerprint density at radius 3 is 2.93 bits per heavy atom. The number of benzene rings is 1. The maximum absolute atomic E-state index is 13.6. The molecule has 1 fully saturated rings. The zero-order chi connectivity index (χ0) is 18.6. The van der Waals surface area contributed by atoms with Crippen molar-refractivity contribution in [1.82, 2.24) is 10.2 Å². The fourth-order valence-corrected chi connectivity index (χ4v) is 3.76. The number of likely N-dealkylation sites (tertiary alicyclic amines) is 1. The average Bonchev–Trinajstić information content (AvgIpc) is 3.12. The normalized spacial score (nSPS) is 17.1. The molecular formula is C19H31FIN3O2S. The zero-order valence-electron chi connectivity index (χ0n) is 16.2. The van der Waals surface area contributed by atoms with E-state index < -0.39 is 0 Å². The molecule has 1 aromatic rings. The second kappa shape index (κ2) is 14.4. The van der Waals surface area contributed by atoms with Gasteiger partial charge in [-0.05, 0) is 18.1 Å². The molecule has 1 unspecified atom stereocenters. The quantitative estimate of drug-likeness (QED) is 0.226. The smallest absolute Gasteiger partial charge is 0.193 e. The minimum atomic E-state index is -0.125. The molecule has 1 aromatic carbocycles.